The van der Waals surface area contributed by atoms with Crippen molar-refractivity contribution in [1.29, 1.82) is 0 Å². The summed E-state index contributed by atoms with van der Waals surface area (Å²) in [6, 6.07) is 0. The average Bonchev–Trinajstić information content (AvgIpc) is 2.26. The first-order valence-corrected chi connectivity index (χ1v) is 3.16. The number of nitrogens with two attached hydrogens (primary N) is 1. The summed E-state index contributed by atoms with van der Waals surface area (Å²) in [6.45, 7) is 0. The maximum absolute atomic E-state index is 10.8. The van der Waals surface area contributed by atoms with Gasteiger partial charge in [0.2, 0.25) is 0 Å². The lowest BCUT2D eigenvalue weighted by Crippen LogP contribution is -2.21. The summed E-state index contributed by atoms with van der Waals surface area (Å²) in [5.41, 5.74) is 5.52. The number of hydrogen-bond acceptors (Lipinski definition) is 3. The summed E-state index contributed by atoms with van der Waals surface area (Å²) >= 11 is 0. The van der Waals surface area contributed by atoms with Gasteiger partial charge in [-0.15, -0.1) is 0 Å². The Balaban J connectivity index is 2.64. The van der Waals surface area contributed by atoms with Crippen molar-refractivity contribution in [2.75, 3.05) is 0 Å². The summed E-state index contributed by atoms with van der Waals surface area (Å²) in [5, 5.41) is 2.13. The zero-order valence-electron chi connectivity index (χ0n) is 5.83. The van der Waals surface area contributed by atoms with E-state index in [2.05, 4.69) is 5.32 Å². The molecule has 1 aliphatic rings. The minimum absolute atomic E-state index is 0.326. The zero-order chi connectivity index (χ0) is 8.27. The maximum Gasteiger partial charge on any atom is 0.254 e. The molecule has 0 saturated carbocycles. The molecular weight excluding hydrogens is 144 g/mol. The van der Waals surface area contributed by atoms with Gasteiger partial charge in [-0.05, 0) is 12.6 Å². The minimum atomic E-state index is -0.351. The van der Waals surface area contributed by atoms with E-state index in [9.17, 15) is 9.59 Å². The van der Waals surface area contributed by atoms with Gasteiger partial charge in [-0.2, -0.15) is 0 Å². The topological polar surface area (TPSA) is 72.2 Å². The van der Waals surface area contributed by atoms with Gasteiger partial charge in [0.15, 0.2) is 0 Å². The van der Waals surface area contributed by atoms with Crippen molar-refractivity contribution in [3.8, 4) is 0 Å². The van der Waals surface area contributed by atoms with E-state index in [1.807, 2.05) is 0 Å². The van der Waals surface area contributed by atoms with Gasteiger partial charge in [0.05, 0.1) is 0 Å². The summed E-state index contributed by atoms with van der Waals surface area (Å²) in [4.78, 5) is 21.4. The molecule has 2 amide bonds. The molecule has 1 rings (SSSR count). The normalized spacial score (nSPS) is 17.3. The van der Waals surface area contributed by atoms with E-state index >= 15 is 0 Å². The van der Waals surface area contributed by atoms with E-state index in [1.54, 1.807) is 6.08 Å². The number of carbonyl (C=O) groups is 2. The van der Waals surface area contributed by atoms with E-state index in [-0.39, 0.29) is 11.8 Å². The Labute approximate surface area is 63.8 Å². The molecule has 0 fully saturated rings. The molecule has 0 atom stereocenters. The van der Waals surface area contributed by atoms with Gasteiger partial charge >= 0.3 is 0 Å². The van der Waals surface area contributed by atoms with Crippen molar-refractivity contribution < 1.29 is 9.59 Å². The van der Waals surface area contributed by atoms with Crippen LogP contribution in [0.15, 0.2) is 23.9 Å². The highest BCUT2D eigenvalue weighted by atomic mass is 16.2. The second-order valence-electron chi connectivity index (χ2n) is 2.12. The standard InChI is InChI=1S/C7H8N2O2/c8-3-1-2-5-4-6(10)9-7(5)11/h1,3-4H,2,8H2,(H,9,10,11). The molecule has 4 heteroatoms. The van der Waals surface area contributed by atoms with Gasteiger partial charge in [-0.1, -0.05) is 6.08 Å². The molecule has 0 unspecified atom stereocenters. The van der Waals surface area contributed by atoms with Crippen LogP contribution < -0.4 is 11.1 Å². The molecule has 0 saturated heterocycles. The highest BCUT2D eigenvalue weighted by Crippen LogP contribution is 2.06. The summed E-state index contributed by atoms with van der Waals surface area (Å²) in [5.74, 6) is -0.677. The molecule has 1 heterocycles. The van der Waals surface area contributed by atoms with Gasteiger partial charge in [0.1, 0.15) is 0 Å². The van der Waals surface area contributed by atoms with Crippen molar-refractivity contribution in [2.24, 2.45) is 5.73 Å². The molecule has 1 aliphatic heterocycles. The summed E-state index contributed by atoms with van der Waals surface area (Å²) in [7, 11) is 0. The van der Waals surface area contributed by atoms with Crippen LogP contribution in [0.2, 0.25) is 0 Å². The quantitative estimate of drug-likeness (QED) is 0.520. The third-order valence-electron chi connectivity index (χ3n) is 1.31. The lowest BCUT2D eigenvalue weighted by Gasteiger charge is -1.91. The molecule has 0 radical (unpaired) electrons. The molecule has 0 bridgehead atoms. The Morgan fingerprint density at radius 2 is 2.27 bits per heavy atom. The van der Waals surface area contributed by atoms with Crippen LogP contribution in [0.25, 0.3) is 0 Å². The van der Waals surface area contributed by atoms with Gasteiger partial charge < -0.3 is 5.73 Å². The molecule has 0 aliphatic carbocycles. The van der Waals surface area contributed by atoms with Crippen molar-refractivity contribution >= 4 is 11.8 Å². The maximum atomic E-state index is 10.8. The van der Waals surface area contributed by atoms with Gasteiger partial charge in [-0.25, -0.2) is 0 Å². The Morgan fingerprint density at radius 1 is 1.55 bits per heavy atom. The first kappa shape index (κ1) is 7.53. The smallest absolute Gasteiger partial charge is 0.254 e. The number of carbonyl (C=O) groups excluding carboxylic acids is 2. The van der Waals surface area contributed by atoms with Crippen LogP contribution in [0.4, 0.5) is 0 Å². The monoisotopic (exact) mass is 152 g/mol. The summed E-state index contributed by atoms with van der Waals surface area (Å²) in [6.07, 6.45) is 4.65. The Bertz CT molecular complexity index is 253. The molecule has 58 valence electrons. The molecule has 0 aromatic heterocycles. The van der Waals surface area contributed by atoms with Gasteiger partial charge in [0.25, 0.3) is 11.8 Å². The number of rotatable bonds is 2. The fourth-order valence-electron chi connectivity index (χ4n) is 0.799. The van der Waals surface area contributed by atoms with Crippen LogP contribution in [-0.4, -0.2) is 11.8 Å². The fourth-order valence-corrected chi connectivity index (χ4v) is 0.799. The summed E-state index contributed by atoms with van der Waals surface area (Å²) < 4.78 is 0. The van der Waals surface area contributed by atoms with Crippen LogP contribution in [-0.2, 0) is 9.59 Å². The largest absolute Gasteiger partial charge is 0.405 e. The van der Waals surface area contributed by atoms with E-state index < -0.39 is 0 Å². The SMILES string of the molecule is NC=CCC1=CC(=O)NC1=O. The lowest BCUT2D eigenvalue weighted by molar-refractivity contribution is -0.123. The van der Waals surface area contributed by atoms with E-state index in [4.69, 9.17) is 5.73 Å². The Hall–Kier alpha value is -1.58. The molecular formula is C7H8N2O2. The molecule has 3 N–H and O–H groups in total. The number of imide groups is 1. The average molecular weight is 152 g/mol. The molecule has 0 spiro atoms. The van der Waals surface area contributed by atoms with Crippen LogP contribution >= 0.6 is 0 Å². The second-order valence-corrected chi connectivity index (χ2v) is 2.12. The highest BCUT2D eigenvalue weighted by molar-refractivity contribution is 6.16. The number of amides is 2. The second kappa shape index (κ2) is 3.01. The fraction of sp³-hybridized carbons (Fsp3) is 0.143. The van der Waals surface area contributed by atoms with Crippen molar-refractivity contribution in [2.45, 2.75) is 6.42 Å². The van der Waals surface area contributed by atoms with E-state index in [1.165, 1.54) is 12.3 Å². The first-order valence-electron chi connectivity index (χ1n) is 3.16. The molecule has 11 heavy (non-hydrogen) atoms. The van der Waals surface area contributed by atoms with Crippen LogP contribution in [0.3, 0.4) is 0 Å². The molecule has 0 aromatic rings. The molecule has 4 nitrogen and oxygen atoms in total. The number of hydrogen-bond donors (Lipinski definition) is 2. The van der Waals surface area contributed by atoms with Crippen molar-refractivity contribution in [3.05, 3.63) is 23.9 Å². The minimum Gasteiger partial charge on any atom is -0.405 e. The number of nitrogens with one attached hydrogen (secondary N) is 1. The van der Waals surface area contributed by atoms with Gasteiger partial charge in [0, 0.05) is 11.6 Å². The third kappa shape index (κ3) is 1.67. The van der Waals surface area contributed by atoms with E-state index in [0.717, 1.165) is 0 Å². The predicted molar refractivity (Wildman–Crippen MR) is 39.2 cm³/mol. The molecule has 0 aromatic carbocycles. The first-order chi connectivity index (χ1) is 5.24. The Morgan fingerprint density at radius 3 is 2.73 bits per heavy atom. The number of allylic oxidation sites excluding steroid dienone is 1. The highest BCUT2D eigenvalue weighted by Gasteiger charge is 2.18. The van der Waals surface area contributed by atoms with Gasteiger partial charge in [-0.3, -0.25) is 14.9 Å². The Kier molecular flexibility index (Phi) is 2.06. The van der Waals surface area contributed by atoms with E-state index in [0.29, 0.717) is 12.0 Å². The zero-order valence-corrected chi connectivity index (χ0v) is 5.83. The van der Waals surface area contributed by atoms with Crippen LogP contribution in [0.1, 0.15) is 6.42 Å². The van der Waals surface area contributed by atoms with Crippen LogP contribution in [0, 0.1) is 0 Å². The third-order valence-corrected chi connectivity index (χ3v) is 1.31. The predicted octanol–water partition coefficient (Wildman–Crippen LogP) is -0.568. The van der Waals surface area contributed by atoms with Crippen molar-refractivity contribution in [1.82, 2.24) is 5.32 Å². The van der Waals surface area contributed by atoms with Crippen molar-refractivity contribution in [3.63, 3.8) is 0 Å². The lowest BCUT2D eigenvalue weighted by atomic mass is 10.2. The van der Waals surface area contributed by atoms with Crippen LogP contribution in [0.5, 0.6) is 0 Å².